The summed E-state index contributed by atoms with van der Waals surface area (Å²) in [7, 11) is 0. The van der Waals surface area contributed by atoms with Crippen molar-refractivity contribution in [1.82, 2.24) is 13.7 Å². The molecule has 0 aliphatic heterocycles. The maximum Gasteiger partial charge on any atom is 0.0618 e. The second-order valence-corrected chi connectivity index (χ2v) is 14.9. The molecule has 0 N–H and O–H groups in total. The van der Waals surface area contributed by atoms with Crippen LogP contribution in [0.2, 0.25) is 0 Å². The first-order valence-electron chi connectivity index (χ1n) is 19.6. The molecule has 57 heavy (non-hydrogen) atoms. The number of fused-ring (bicyclic) bond motifs is 9. The molecule has 3 heterocycles. The molecule has 0 spiro atoms. The third-order valence-corrected chi connectivity index (χ3v) is 11.8. The zero-order valence-corrected chi connectivity index (χ0v) is 31.0. The van der Waals surface area contributed by atoms with Crippen molar-refractivity contribution in [2.45, 2.75) is 0 Å². The van der Waals surface area contributed by atoms with Gasteiger partial charge in [-0.25, -0.2) is 0 Å². The molecule has 0 aliphatic carbocycles. The van der Waals surface area contributed by atoms with Gasteiger partial charge < -0.3 is 13.7 Å². The zero-order chi connectivity index (χ0) is 37.5. The van der Waals surface area contributed by atoms with Gasteiger partial charge in [0.2, 0.25) is 0 Å². The summed E-state index contributed by atoms with van der Waals surface area (Å²) in [6.45, 7) is 0. The Labute approximate surface area is 329 Å². The summed E-state index contributed by atoms with van der Waals surface area (Å²) in [5.41, 5.74) is 15.4. The molecule has 0 fully saturated rings. The number of nitrogens with zero attached hydrogens (tertiary/aromatic N) is 3. The van der Waals surface area contributed by atoms with Crippen LogP contribution in [0, 0.1) is 0 Å². The van der Waals surface area contributed by atoms with Crippen LogP contribution in [0.15, 0.2) is 212 Å². The molecule has 266 valence electrons. The van der Waals surface area contributed by atoms with Gasteiger partial charge in [0.05, 0.1) is 38.8 Å². The van der Waals surface area contributed by atoms with Gasteiger partial charge in [-0.1, -0.05) is 152 Å². The fraction of sp³-hybridized carbons (Fsp3) is 0. The Morgan fingerprint density at radius 3 is 1.09 bits per heavy atom. The van der Waals surface area contributed by atoms with E-state index in [-0.39, 0.29) is 0 Å². The van der Waals surface area contributed by atoms with Crippen LogP contribution in [0.3, 0.4) is 0 Å². The highest BCUT2D eigenvalue weighted by atomic mass is 15.0. The van der Waals surface area contributed by atoms with E-state index in [0.717, 1.165) is 5.69 Å². The lowest BCUT2D eigenvalue weighted by molar-refractivity contribution is 1.17. The van der Waals surface area contributed by atoms with E-state index >= 15 is 0 Å². The van der Waals surface area contributed by atoms with Crippen molar-refractivity contribution in [1.29, 1.82) is 0 Å². The molecule has 0 radical (unpaired) electrons. The van der Waals surface area contributed by atoms with E-state index in [1.54, 1.807) is 0 Å². The molecular weight excluding hydrogens is 691 g/mol. The predicted molar refractivity (Wildman–Crippen MR) is 240 cm³/mol. The van der Waals surface area contributed by atoms with Crippen LogP contribution in [-0.4, -0.2) is 13.7 Å². The SMILES string of the molecule is c1ccc(-c2cccc(-c3ccc(-n4c5ccccc5c5cc6c(cc54)c4ccccc4n6-c4ccccc4)cc3)c2-n2c3ccccc3c3ccccc32)cc1. The largest absolute Gasteiger partial charge is 0.309 e. The van der Waals surface area contributed by atoms with Crippen LogP contribution in [0.1, 0.15) is 0 Å². The monoisotopic (exact) mass is 725 g/mol. The average Bonchev–Trinajstić information content (AvgIpc) is 3.91. The summed E-state index contributed by atoms with van der Waals surface area (Å²) in [5.74, 6) is 0. The van der Waals surface area contributed by atoms with Crippen molar-refractivity contribution in [3.05, 3.63) is 212 Å². The normalized spacial score (nSPS) is 11.9. The standard InChI is InChI=1S/C54H35N3/c1-3-16-36(17-4-1)40-24-15-25-41(54(40)57-50-28-13-7-20-42(50)43-21-8-14-29-51(43)57)37-30-32-39(33-31-37)56-49-27-12-10-23-45(49)47-34-52-46(35-53(47)56)44-22-9-11-26-48(44)55(52)38-18-5-2-6-19-38/h1-35H. The minimum Gasteiger partial charge on any atom is -0.309 e. The number of para-hydroxylation sites is 6. The molecule has 9 aromatic carbocycles. The Morgan fingerprint density at radius 2 is 0.596 bits per heavy atom. The van der Waals surface area contributed by atoms with Crippen LogP contribution < -0.4 is 0 Å². The van der Waals surface area contributed by atoms with E-state index in [1.807, 2.05) is 0 Å². The van der Waals surface area contributed by atoms with Crippen LogP contribution >= 0.6 is 0 Å². The van der Waals surface area contributed by atoms with Crippen molar-refractivity contribution in [2.75, 3.05) is 0 Å². The molecule has 3 nitrogen and oxygen atoms in total. The molecule has 12 aromatic rings. The molecule has 0 saturated carbocycles. The van der Waals surface area contributed by atoms with E-state index in [1.165, 1.54) is 99.0 Å². The predicted octanol–water partition coefficient (Wildman–Crippen LogP) is 14.3. The number of hydrogen-bond donors (Lipinski definition) is 0. The van der Waals surface area contributed by atoms with Gasteiger partial charge in [-0.3, -0.25) is 0 Å². The molecule has 0 saturated heterocycles. The minimum absolute atomic E-state index is 1.13. The van der Waals surface area contributed by atoms with Gasteiger partial charge in [-0.05, 0) is 71.8 Å². The van der Waals surface area contributed by atoms with Gasteiger partial charge in [0.25, 0.3) is 0 Å². The van der Waals surface area contributed by atoms with Gasteiger partial charge in [0.15, 0.2) is 0 Å². The van der Waals surface area contributed by atoms with Crippen molar-refractivity contribution in [2.24, 2.45) is 0 Å². The quantitative estimate of drug-likeness (QED) is 0.168. The maximum atomic E-state index is 2.47. The summed E-state index contributed by atoms with van der Waals surface area (Å²) in [6, 6.07) is 77.4. The van der Waals surface area contributed by atoms with E-state index in [4.69, 9.17) is 0 Å². The highest BCUT2D eigenvalue weighted by molar-refractivity contribution is 6.19. The van der Waals surface area contributed by atoms with Gasteiger partial charge in [-0.15, -0.1) is 0 Å². The number of rotatable bonds is 5. The van der Waals surface area contributed by atoms with Crippen molar-refractivity contribution >= 4 is 65.4 Å². The summed E-state index contributed by atoms with van der Waals surface area (Å²) < 4.78 is 7.32. The van der Waals surface area contributed by atoms with Crippen LogP contribution in [0.25, 0.3) is 105 Å². The first-order valence-corrected chi connectivity index (χ1v) is 19.6. The number of benzene rings is 9. The van der Waals surface area contributed by atoms with Crippen molar-refractivity contribution in [3.8, 4) is 39.3 Å². The second-order valence-electron chi connectivity index (χ2n) is 14.9. The lowest BCUT2D eigenvalue weighted by atomic mass is 9.95. The van der Waals surface area contributed by atoms with Crippen LogP contribution in [0.5, 0.6) is 0 Å². The zero-order valence-electron chi connectivity index (χ0n) is 31.0. The lowest BCUT2D eigenvalue weighted by Gasteiger charge is -2.19. The van der Waals surface area contributed by atoms with Crippen molar-refractivity contribution in [3.63, 3.8) is 0 Å². The minimum atomic E-state index is 1.13. The van der Waals surface area contributed by atoms with Gasteiger partial charge >= 0.3 is 0 Å². The second kappa shape index (κ2) is 12.5. The number of aromatic nitrogens is 3. The van der Waals surface area contributed by atoms with Gasteiger partial charge in [0, 0.05) is 54.8 Å². The van der Waals surface area contributed by atoms with Gasteiger partial charge in [0.1, 0.15) is 0 Å². The van der Waals surface area contributed by atoms with Crippen molar-refractivity contribution < 1.29 is 0 Å². The first-order chi connectivity index (χ1) is 28.3. The highest BCUT2D eigenvalue weighted by Gasteiger charge is 2.21. The smallest absolute Gasteiger partial charge is 0.0618 e. The summed E-state index contributed by atoms with van der Waals surface area (Å²) in [4.78, 5) is 0. The Kier molecular flexibility index (Phi) is 6.93. The lowest BCUT2D eigenvalue weighted by Crippen LogP contribution is -2.01. The van der Waals surface area contributed by atoms with E-state index in [0.29, 0.717) is 0 Å². The molecule has 0 atom stereocenters. The fourth-order valence-corrected chi connectivity index (χ4v) is 9.39. The van der Waals surface area contributed by atoms with Gasteiger partial charge in [-0.2, -0.15) is 0 Å². The molecule has 3 heteroatoms. The third kappa shape index (κ3) is 4.73. The summed E-state index contributed by atoms with van der Waals surface area (Å²) in [6.07, 6.45) is 0. The van der Waals surface area contributed by atoms with Crippen LogP contribution in [0.4, 0.5) is 0 Å². The first kappa shape index (κ1) is 31.7. The van der Waals surface area contributed by atoms with Crippen LogP contribution in [-0.2, 0) is 0 Å². The molecule has 0 unspecified atom stereocenters. The van der Waals surface area contributed by atoms with E-state index in [9.17, 15) is 0 Å². The molecule has 0 amide bonds. The Balaban J connectivity index is 1.09. The molecule has 0 bridgehead atoms. The van der Waals surface area contributed by atoms with E-state index in [2.05, 4.69) is 226 Å². The number of hydrogen-bond acceptors (Lipinski definition) is 0. The summed E-state index contributed by atoms with van der Waals surface area (Å²) in [5, 5.41) is 7.49. The molecular formula is C54H35N3. The Morgan fingerprint density at radius 1 is 0.228 bits per heavy atom. The Hall–Kier alpha value is -7.62. The molecule has 0 aliphatic rings. The molecule has 3 aromatic heterocycles. The topological polar surface area (TPSA) is 14.8 Å². The fourth-order valence-electron chi connectivity index (χ4n) is 9.39. The Bertz CT molecular complexity index is 3440. The summed E-state index contributed by atoms with van der Waals surface area (Å²) >= 11 is 0. The maximum absolute atomic E-state index is 2.47. The third-order valence-electron chi connectivity index (χ3n) is 11.8. The van der Waals surface area contributed by atoms with E-state index < -0.39 is 0 Å². The average molecular weight is 726 g/mol. The molecule has 12 rings (SSSR count). The highest BCUT2D eigenvalue weighted by Crippen LogP contribution is 2.43.